The van der Waals surface area contributed by atoms with E-state index in [0.29, 0.717) is 11.6 Å². The summed E-state index contributed by atoms with van der Waals surface area (Å²) in [5.41, 5.74) is 4.39. The molecule has 0 spiro atoms. The first-order chi connectivity index (χ1) is 10.9. The lowest BCUT2D eigenvalue weighted by atomic mass is 10.1. The van der Waals surface area contributed by atoms with Crippen LogP contribution in [-0.2, 0) is 4.74 Å². The van der Waals surface area contributed by atoms with E-state index in [1.807, 2.05) is 26.0 Å². The van der Waals surface area contributed by atoms with Crippen LogP contribution < -0.4 is 4.74 Å². The zero-order valence-electron chi connectivity index (χ0n) is 13.2. The third-order valence-electron chi connectivity index (χ3n) is 4.13. The van der Waals surface area contributed by atoms with E-state index in [2.05, 4.69) is 9.97 Å². The van der Waals surface area contributed by atoms with Crippen molar-refractivity contribution in [2.45, 2.75) is 45.4 Å². The summed E-state index contributed by atoms with van der Waals surface area (Å²) in [5.74, 6) is 0.340. The maximum atomic E-state index is 9.76. The summed E-state index contributed by atoms with van der Waals surface area (Å²) in [5, 5.41) is 28.6. The molecule has 0 saturated carbocycles. The molecule has 1 aromatic carbocycles. The van der Waals surface area contributed by atoms with Gasteiger partial charge in [0.2, 0.25) is 5.88 Å². The van der Waals surface area contributed by atoms with Crippen LogP contribution in [0.1, 0.15) is 16.8 Å². The SMILES string of the molecule is Cc1cc2nc(C)c(OC[C@H]3O[C@@H](O)[C@H](O)[C@@H]3O)nc2cc1C. The Morgan fingerprint density at radius 3 is 2.17 bits per heavy atom. The Kier molecular flexibility index (Phi) is 4.20. The number of hydrogen-bond acceptors (Lipinski definition) is 7. The lowest BCUT2D eigenvalue weighted by Crippen LogP contribution is -2.35. The number of hydrogen-bond donors (Lipinski definition) is 3. The Bertz CT molecular complexity index is 736. The van der Waals surface area contributed by atoms with Gasteiger partial charge in [0.1, 0.15) is 30.6 Å². The van der Waals surface area contributed by atoms with E-state index in [4.69, 9.17) is 9.47 Å². The van der Waals surface area contributed by atoms with Gasteiger partial charge in [0.15, 0.2) is 6.29 Å². The van der Waals surface area contributed by atoms with Gasteiger partial charge in [0, 0.05) is 0 Å². The van der Waals surface area contributed by atoms with Crippen LogP contribution in [0.25, 0.3) is 11.0 Å². The van der Waals surface area contributed by atoms with Crippen molar-refractivity contribution in [2.24, 2.45) is 0 Å². The Hall–Kier alpha value is -1.80. The van der Waals surface area contributed by atoms with Crippen molar-refractivity contribution in [1.29, 1.82) is 0 Å². The van der Waals surface area contributed by atoms with Crippen LogP contribution in [0.3, 0.4) is 0 Å². The smallest absolute Gasteiger partial charge is 0.236 e. The quantitative estimate of drug-likeness (QED) is 0.750. The molecular formula is C16H20N2O5. The molecule has 1 aliphatic heterocycles. The zero-order chi connectivity index (χ0) is 16.7. The number of benzene rings is 1. The molecule has 7 heteroatoms. The third-order valence-corrected chi connectivity index (χ3v) is 4.13. The van der Waals surface area contributed by atoms with Gasteiger partial charge in [-0.3, -0.25) is 0 Å². The van der Waals surface area contributed by atoms with Crippen LogP contribution >= 0.6 is 0 Å². The van der Waals surface area contributed by atoms with Crippen LogP contribution in [-0.4, -0.2) is 56.5 Å². The van der Waals surface area contributed by atoms with Crippen LogP contribution in [0.15, 0.2) is 12.1 Å². The molecule has 4 atom stereocenters. The van der Waals surface area contributed by atoms with E-state index in [1.54, 1.807) is 6.92 Å². The molecule has 2 heterocycles. The minimum atomic E-state index is -1.41. The Balaban J connectivity index is 1.80. The van der Waals surface area contributed by atoms with Gasteiger partial charge in [0.25, 0.3) is 0 Å². The van der Waals surface area contributed by atoms with Gasteiger partial charge >= 0.3 is 0 Å². The fourth-order valence-electron chi connectivity index (χ4n) is 2.55. The van der Waals surface area contributed by atoms with Gasteiger partial charge in [-0.15, -0.1) is 0 Å². The first-order valence-corrected chi connectivity index (χ1v) is 7.45. The van der Waals surface area contributed by atoms with E-state index >= 15 is 0 Å². The first-order valence-electron chi connectivity index (χ1n) is 7.45. The summed E-state index contributed by atoms with van der Waals surface area (Å²) in [6, 6.07) is 3.92. The van der Waals surface area contributed by atoms with Crippen LogP contribution in [0.2, 0.25) is 0 Å². The molecular weight excluding hydrogens is 300 g/mol. The normalized spacial score (nSPS) is 27.6. The first kappa shape index (κ1) is 16.1. The molecule has 0 aliphatic carbocycles. The number of aromatic nitrogens is 2. The molecule has 2 aromatic rings. The van der Waals surface area contributed by atoms with E-state index in [9.17, 15) is 15.3 Å². The van der Waals surface area contributed by atoms with E-state index in [-0.39, 0.29) is 6.61 Å². The molecule has 1 aliphatic rings. The molecule has 0 unspecified atom stereocenters. The standard InChI is InChI=1S/C16H20N2O5/c1-7-4-10-11(5-8(7)2)18-15(9(3)17-10)22-6-12-13(19)14(20)16(21)23-12/h4-5,12-14,16,19-21H,6H2,1-3H3/t12-,13-,14-,16-/m1/s1. The molecule has 3 rings (SSSR count). The number of aliphatic hydroxyl groups is 3. The van der Waals surface area contributed by atoms with Gasteiger partial charge in [-0.25, -0.2) is 9.97 Å². The minimum absolute atomic E-state index is 0.0405. The van der Waals surface area contributed by atoms with Gasteiger partial charge in [0.05, 0.1) is 11.0 Å². The van der Waals surface area contributed by atoms with Crippen LogP contribution in [0.4, 0.5) is 0 Å². The predicted molar refractivity (Wildman–Crippen MR) is 82.1 cm³/mol. The fourth-order valence-corrected chi connectivity index (χ4v) is 2.55. The summed E-state index contributed by atoms with van der Waals surface area (Å²) in [6.45, 7) is 5.77. The molecule has 124 valence electrons. The number of rotatable bonds is 3. The highest BCUT2D eigenvalue weighted by molar-refractivity contribution is 5.77. The van der Waals surface area contributed by atoms with Crippen molar-refractivity contribution in [3.05, 3.63) is 29.0 Å². The van der Waals surface area contributed by atoms with Crippen molar-refractivity contribution in [1.82, 2.24) is 9.97 Å². The highest BCUT2D eigenvalue weighted by atomic mass is 16.7. The average molecular weight is 320 g/mol. The summed E-state index contributed by atoms with van der Waals surface area (Å²) in [6.07, 6.45) is -4.77. The largest absolute Gasteiger partial charge is 0.473 e. The van der Waals surface area contributed by atoms with Gasteiger partial charge in [-0.2, -0.15) is 0 Å². The maximum absolute atomic E-state index is 9.76. The average Bonchev–Trinajstić information content (AvgIpc) is 2.74. The van der Waals surface area contributed by atoms with E-state index in [1.165, 1.54) is 0 Å². The van der Waals surface area contributed by atoms with Crippen LogP contribution in [0, 0.1) is 20.8 Å². The molecule has 1 fully saturated rings. The zero-order valence-corrected chi connectivity index (χ0v) is 13.2. The predicted octanol–water partition coefficient (Wildman–Crippen LogP) is 0.373. The fraction of sp³-hybridized carbons (Fsp3) is 0.500. The summed E-state index contributed by atoms with van der Waals surface area (Å²) in [4.78, 5) is 8.94. The molecule has 1 aromatic heterocycles. The second-order valence-corrected chi connectivity index (χ2v) is 5.90. The topological polar surface area (TPSA) is 105 Å². The highest BCUT2D eigenvalue weighted by Gasteiger charge is 2.42. The number of aryl methyl sites for hydroxylation is 3. The van der Waals surface area contributed by atoms with E-state index < -0.39 is 24.6 Å². The Morgan fingerprint density at radius 2 is 1.61 bits per heavy atom. The molecule has 0 radical (unpaired) electrons. The van der Waals surface area contributed by atoms with Crippen molar-refractivity contribution in [2.75, 3.05) is 6.61 Å². The summed E-state index contributed by atoms with van der Waals surface area (Å²) >= 11 is 0. The highest BCUT2D eigenvalue weighted by Crippen LogP contribution is 2.24. The molecule has 0 amide bonds. The molecule has 3 N–H and O–H groups in total. The summed E-state index contributed by atoms with van der Waals surface area (Å²) in [7, 11) is 0. The number of nitrogens with zero attached hydrogens (tertiary/aromatic N) is 2. The minimum Gasteiger partial charge on any atom is -0.473 e. The summed E-state index contributed by atoms with van der Waals surface area (Å²) < 4.78 is 10.6. The van der Waals surface area contributed by atoms with Crippen LogP contribution in [0.5, 0.6) is 5.88 Å². The van der Waals surface area contributed by atoms with Gasteiger partial charge < -0.3 is 24.8 Å². The Labute approximate surface area is 133 Å². The van der Waals surface area contributed by atoms with Crippen molar-refractivity contribution >= 4 is 11.0 Å². The van der Waals surface area contributed by atoms with Crippen molar-refractivity contribution in [3.8, 4) is 5.88 Å². The molecule has 23 heavy (non-hydrogen) atoms. The molecule has 1 saturated heterocycles. The monoisotopic (exact) mass is 320 g/mol. The van der Waals surface area contributed by atoms with E-state index in [0.717, 1.165) is 22.2 Å². The van der Waals surface area contributed by atoms with Crippen molar-refractivity contribution < 1.29 is 24.8 Å². The molecule has 7 nitrogen and oxygen atoms in total. The number of aliphatic hydroxyl groups excluding tert-OH is 3. The lowest BCUT2D eigenvalue weighted by molar-refractivity contribution is -0.131. The number of ether oxygens (including phenoxy) is 2. The lowest BCUT2D eigenvalue weighted by Gasteiger charge is -2.16. The third kappa shape index (κ3) is 3.00. The maximum Gasteiger partial charge on any atom is 0.236 e. The molecule has 0 bridgehead atoms. The van der Waals surface area contributed by atoms with Gasteiger partial charge in [-0.1, -0.05) is 0 Å². The second-order valence-electron chi connectivity index (χ2n) is 5.90. The Morgan fingerprint density at radius 1 is 1.00 bits per heavy atom. The number of fused-ring (bicyclic) bond motifs is 1. The van der Waals surface area contributed by atoms with Gasteiger partial charge in [-0.05, 0) is 44.0 Å². The second kappa shape index (κ2) is 6.01. The van der Waals surface area contributed by atoms with Crippen molar-refractivity contribution in [3.63, 3.8) is 0 Å².